The number of aryl methyl sites for hydroxylation is 2. The van der Waals surface area contributed by atoms with Crippen molar-refractivity contribution in [1.29, 1.82) is 0 Å². The van der Waals surface area contributed by atoms with Crippen molar-refractivity contribution in [3.05, 3.63) is 17.0 Å². The number of hydrogen-bond acceptors (Lipinski definition) is 4. The summed E-state index contributed by atoms with van der Waals surface area (Å²) in [6.07, 6.45) is 0.883. The second kappa shape index (κ2) is 6.00. The maximum atomic E-state index is 12.0. The molecule has 0 saturated carbocycles. The zero-order valence-electron chi connectivity index (χ0n) is 11.8. The fraction of sp³-hybridized carbons (Fsp3) is 0.692. The van der Waals surface area contributed by atoms with Crippen LogP contribution in [0.1, 0.15) is 50.3 Å². The van der Waals surface area contributed by atoms with Gasteiger partial charge in [0, 0.05) is 5.56 Å². The van der Waals surface area contributed by atoms with E-state index in [1.165, 1.54) is 0 Å². The molecular formula is C13H23N3O2. The van der Waals surface area contributed by atoms with E-state index in [2.05, 4.69) is 10.5 Å². The van der Waals surface area contributed by atoms with E-state index in [4.69, 9.17) is 10.3 Å². The summed E-state index contributed by atoms with van der Waals surface area (Å²) >= 11 is 0. The molecule has 1 amide bonds. The lowest BCUT2D eigenvalue weighted by atomic mass is 9.98. The third-order valence-electron chi connectivity index (χ3n) is 3.44. The lowest BCUT2D eigenvalue weighted by molar-refractivity contribution is -0.124. The zero-order chi connectivity index (χ0) is 13.9. The predicted molar refractivity (Wildman–Crippen MR) is 70.0 cm³/mol. The molecule has 0 aromatic carbocycles. The molecule has 0 bridgehead atoms. The molecule has 0 aliphatic heterocycles. The van der Waals surface area contributed by atoms with E-state index in [0.717, 1.165) is 23.4 Å². The Morgan fingerprint density at radius 2 is 2.06 bits per heavy atom. The molecule has 3 unspecified atom stereocenters. The predicted octanol–water partition coefficient (Wildman–Crippen LogP) is 1.84. The molecule has 5 heteroatoms. The summed E-state index contributed by atoms with van der Waals surface area (Å²) in [5, 5.41) is 6.80. The summed E-state index contributed by atoms with van der Waals surface area (Å²) in [6, 6.07) is -0.614. The quantitative estimate of drug-likeness (QED) is 0.839. The lowest BCUT2D eigenvalue weighted by Gasteiger charge is -2.21. The summed E-state index contributed by atoms with van der Waals surface area (Å²) in [5.74, 6) is 0.774. The van der Waals surface area contributed by atoms with Crippen molar-refractivity contribution in [3.8, 4) is 0 Å². The Labute approximate surface area is 108 Å². The minimum absolute atomic E-state index is 0.128. The van der Waals surface area contributed by atoms with Crippen molar-refractivity contribution in [1.82, 2.24) is 10.5 Å². The van der Waals surface area contributed by atoms with Gasteiger partial charge in [-0.3, -0.25) is 4.79 Å². The van der Waals surface area contributed by atoms with Crippen LogP contribution in [0, 0.1) is 19.8 Å². The number of carbonyl (C=O) groups excluding carboxylic acids is 1. The molecule has 0 aliphatic carbocycles. The van der Waals surface area contributed by atoms with Crippen LogP contribution in [0.2, 0.25) is 0 Å². The molecule has 1 aromatic heterocycles. The summed E-state index contributed by atoms with van der Waals surface area (Å²) < 4.78 is 5.09. The fourth-order valence-corrected chi connectivity index (χ4v) is 2.00. The normalized spacial score (nSPS) is 16.1. The molecule has 0 radical (unpaired) electrons. The first-order valence-electron chi connectivity index (χ1n) is 6.37. The van der Waals surface area contributed by atoms with Gasteiger partial charge in [-0.1, -0.05) is 25.4 Å². The van der Waals surface area contributed by atoms with Gasteiger partial charge in [0.2, 0.25) is 5.91 Å². The number of carbonyl (C=O) groups is 1. The Balaban J connectivity index is 2.71. The molecule has 0 spiro atoms. The number of nitrogens with zero attached hydrogens (tertiary/aromatic N) is 1. The minimum Gasteiger partial charge on any atom is -0.361 e. The molecule has 5 nitrogen and oxygen atoms in total. The number of hydrogen-bond donors (Lipinski definition) is 2. The van der Waals surface area contributed by atoms with Gasteiger partial charge in [0.1, 0.15) is 5.76 Å². The molecule has 1 rings (SSSR count). The Bertz CT molecular complexity index is 395. The number of nitrogens with one attached hydrogen (secondary N) is 1. The minimum atomic E-state index is -0.474. The third-order valence-corrected chi connectivity index (χ3v) is 3.44. The maximum Gasteiger partial charge on any atom is 0.237 e. The van der Waals surface area contributed by atoms with Crippen LogP contribution >= 0.6 is 0 Å². The van der Waals surface area contributed by atoms with Gasteiger partial charge in [0.05, 0.1) is 17.8 Å². The first-order chi connectivity index (χ1) is 8.38. The first kappa shape index (κ1) is 14.7. The highest BCUT2D eigenvalue weighted by Crippen LogP contribution is 2.21. The largest absolute Gasteiger partial charge is 0.361 e. The fourth-order valence-electron chi connectivity index (χ4n) is 2.00. The Kier molecular flexibility index (Phi) is 4.90. The van der Waals surface area contributed by atoms with E-state index in [1.54, 1.807) is 0 Å². The van der Waals surface area contributed by atoms with Crippen LogP contribution in [0.4, 0.5) is 0 Å². The highest BCUT2D eigenvalue weighted by Gasteiger charge is 2.23. The van der Waals surface area contributed by atoms with Gasteiger partial charge in [-0.2, -0.15) is 0 Å². The first-order valence-corrected chi connectivity index (χ1v) is 6.37. The molecule has 3 atom stereocenters. The summed E-state index contributed by atoms with van der Waals surface area (Å²) in [4.78, 5) is 12.0. The molecule has 102 valence electrons. The van der Waals surface area contributed by atoms with Crippen molar-refractivity contribution < 1.29 is 9.32 Å². The Morgan fingerprint density at radius 1 is 1.44 bits per heavy atom. The van der Waals surface area contributed by atoms with Crippen LogP contribution in [0.15, 0.2) is 4.52 Å². The van der Waals surface area contributed by atoms with Crippen LogP contribution in [0.3, 0.4) is 0 Å². The summed E-state index contributed by atoms with van der Waals surface area (Å²) in [7, 11) is 0. The second-order valence-electron chi connectivity index (χ2n) is 4.88. The van der Waals surface area contributed by atoms with E-state index in [9.17, 15) is 4.79 Å². The van der Waals surface area contributed by atoms with Crippen LogP contribution in [-0.4, -0.2) is 17.1 Å². The lowest BCUT2D eigenvalue weighted by Crippen LogP contribution is -2.45. The Hall–Kier alpha value is -1.36. The van der Waals surface area contributed by atoms with Gasteiger partial charge in [0.25, 0.3) is 0 Å². The van der Waals surface area contributed by atoms with Gasteiger partial charge >= 0.3 is 0 Å². The van der Waals surface area contributed by atoms with Gasteiger partial charge in [0.15, 0.2) is 0 Å². The summed E-state index contributed by atoms with van der Waals surface area (Å²) in [6.45, 7) is 9.61. The van der Waals surface area contributed by atoms with E-state index >= 15 is 0 Å². The monoisotopic (exact) mass is 253 g/mol. The molecule has 18 heavy (non-hydrogen) atoms. The standard InChI is InChI=1S/C13H23N3O2/c1-6-7(2)12(14)13(17)15-8(3)11-9(4)16-18-10(11)5/h7-8,12H,6,14H2,1-5H3,(H,15,17). The van der Waals surface area contributed by atoms with Crippen molar-refractivity contribution in [2.45, 2.75) is 53.1 Å². The van der Waals surface area contributed by atoms with E-state index in [1.807, 2.05) is 34.6 Å². The molecule has 3 N–H and O–H groups in total. The average molecular weight is 253 g/mol. The SMILES string of the molecule is CCC(C)C(N)C(=O)NC(C)c1c(C)noc1C. The number of aromatic nitrogens is 1. The summed E-state index contributed by atoms with van der Waals surface area (Å²) in [5.41, 5.74) is 7.63. The number of nitrogens with two attached hydrogens (primary N) is 1. The van der Waals surface area contributed by atoms with Gasteiger partial charge in [-0.15, -0.1) is 0 Å². The third kappa shape index (κ3) is 3.10. The molecule has 1 aromatic rings. The zero-order valence-corrected chi connectivity index (χ0v) is 11.8. The van der Waals surface area contributed by atoms with Crippen LogP contribution < -0.4 is 11.1 Å². The maximum absolute atomic E-state index is 12.0. The molecule has 1 heterocycles. The van der Waals surface area contributed by atoms with Gasteiger partial charge in [-0.05, 0) is 26.7 Å². The molecule has 0 saturated heterocycles. The van der Waals surface area contributed by atoms with E-state index < -0.39 is 6.04 Å². The topological polar surface area (TPSA) is 81.2 Å². The molecule has 0 aliphatic rings. The highest BCUT2D eigenvalue weighted by atomic mass is 16.5. The smallest absolute Gasteiger partial charge is 0.237 e. The highest BCUT2D eigenvalue weighted by molar-refractivity contribution is 5.82. The van der Waals surface area contributed by atoms with E-state index in [0.29, 0.717) is 0 Å². The van der Waals surface area contributed by atoms with E-state index in [-0.39, 0.29) is 17.9 Å². The number of rotatable bonds is 5. The van der Waals surface area contributed by atoms with Gasteiger partial charge < -0.3 is 15.6 Å². The van der Waals surface area contributed by atoms with Crippen molar-refractivity contribution >= 4 is 5.91 Å². The van der Waals surface area contributed by atoms with Crippen molar-refractivity contribution in [2.24, 2.45) is 11.7 Å². The molecule has 0 fully saturated rings. The van der Waals surface area contributed by atoms with Crippen LogP contribution in [-0.2, 0) is 4.79 Å². The Morgan fingerprint density at radius 3 is 2.50 bits per heavy atom. The van der Waals surface area contributed by atoms with Crippen molar-refractivity contribution in [2.75, 3.05) is 0 Å². The van der Waals surface area contributed by atoms with Crippen LogP contribution in [0.5, 0.6) is 0 Å². The van der Waals surface area contributed by atoms with Crippen molar-refractivity contribution in [3.63, 3.8) is 0 Å². The van der Waals surface area contributed by atoms with Gasteiger partial charge in [-0.25, -0.2) is 0 Å². The second-order valence-corrected chi connectivity index (χ2v) is 4.88. The molecular weight excluding hydrogens is 230 g/mol. The number of amides is 1. The van der Waals surface area contributed by atoms with Crippen LogP contribution in [0.25, 0.3) is 0 Å². The average Bonchev–Trinajstić information content (AvgIpc) is 2.66.